The van der Waals surface area contributed by atoms with E-state index in [1.54, 1.807) is 6.92 Å². The molecule has 0 aliphatic carbocycles. The fourth-order valence-electron chi connectivity index (χ4n) is 1.45. The minimum atomic E-state index is -0.540. The molecule has 1 N–H and O–H groups in total. The molecule has 1 atom stereocenters. The summed E-state index contributed by atoms with van der Waals surface area (Å²) in [5.41, 5.74) is 1.57. The van der Waals surface area contributed by atoms with Crippen molar-refractivity contribution in [1.82, 2.24) is 4.98 Å². The quantitative estimate of drug-likeness (QED) is 0.922. The van der Waals surface area contributed by atoms with Gasteiger partial charge in [-0.15, -0.1) is 11.3 Å². The van der Waals surface area contributed by atoms with E-state index in [2.05, 4.69) is 4.98 Å². The number of thiazole rings is 1. The molecule has 1 aromatic heterocycles. The number of aliphatic hydroxyl groups excluding tert-OH is 1. The smallest absolute Gasteiger partial charge is 0.0974 e. The van der Waals surface area contributed by atoms with Crippen LogP contribution in [0, 0.1) is 0 Å². The zero-order valence-electron chi connectivity index (χ0n) is 9.15. The summed E-state index contributed by atoms with van der Waals surface area (Å²) in [7, 11) is 0. The van der Waals surface area contributed by atoms with E-state index in [1.165, 1.54) is 11.3 Å². The van der Waals surface area contributed by atoms with Gasteiger partial charge in [-0.3, -0.25) is 0 Å². The van der Waals surface area contributed by atoms with Crippen molar-refractivity contribution in [3.63, 3.8) is 0 Å². The Labute approximate surface area is 114 Å². The summed E-state index contributed by atoms with van der Waals surface area (Å²) in [6.45, 7) is 1.70. The van der Waals surface area contributed by atoms with Crippen molar-refractivity contribution in [1.29, 1.82) is 0 Å². The lowest BCUT2D eigenvalue weighted by molar-refractivity contribution is 0.195. The molecule has 2 nitrogen and oxygen atoms in total. The number of aliphatic hydroxyl groups is 1. The van der Waals surface area contributed by atoms with Crippen molar-refractivity contribution >= 4 is 34.5 Å². The Balaban J connectivity index is 2.25. The molecular weight excluding hydrogens is 277 g/mol. The fourth-order valence-corrected chi connectivity index (χ4v) is 2.87. The summed E-state index contributed by atoms with van der Waals surface area (Å²) in [5, 5.41) is 13.4. The molecule has 0 saturated carbocycles. The average Bonchev–Trinajstić information content (AvgIpc) is 2.72. The van der Waals surface area contributed by atoms with Gasteiger partial charge in [-0.2, -0.15) is 0 Å². The van der Waals surface area contributed by atoms with Gasteiger partial charge in [-0.1, -0.05) is 29.3 Å². The van der Waals surface area contributed by atoms with Gasteiger partial charge in [-0.05, 0) is 24.6 Å². The number of benzene rings is 1. The van der Waals surface area contributed by atoms with Crippen molar-refractivity contribution in [3.8, 4) is 0 Å². The lowest BCUT2D eigenvalue weighted by atomic mass is 10.1. The highest BCUT2D eigenvalue weighted by Gasteiger charge is 2.11. The Kier molecular flexibility index (Phi) is 4.05. The van der Waals surface area contributed by atoms with Crippen molar-refractivity contribution in [2.24, 2.45) is 0 Å². The molecule has 0 amide bonds. The SMILES string of the molecule is CC(O)c1csc(Cc2c(Cl)cccc2Cl)n1. The number of rotatable bonds is 3. The third kappa shape index (κ3) is 2.99. The monoisotopic (exact) mass is 287 g/mol. The van der Waals surface area contributed by atoms with Gasteiger partial charge in [0.25, 0.3) is 0 Å². The van der Waals surface area contributed by atoms with Crippen molar-refractivity contribution in [2.45, 2.75) is 19.4 Å². The molecular formula is C12H11Cl2NOS. The molecule has 2 rings (SSSR count). The van der Waals surface area contributed by atoms with Crippen LogP contribution >= 0.6 is 34.5 Å². The largest absolute Gasteiger partial charge is 0.387 e. The van der Waals surface area contributed by atoms with Gasteiger partial charge in [0.15, 0.2) is 0 Å². The van der Waals surface area contributed by atoms with Crippen LogP contribution in [0.4, 0.5) is 0 Å². The molecule has 1 aromatic carbocycles. The van der Waals surface area contributed by atoms with Crippen molar-refractivity contribution < 1.29 is 5.11 Å². The van der Waals surface area contributed by atoms with Gasteiger partial charge >= 0.3 is 0 Å². The van der Waals surface area contributed by atoms with Crippen LogP contribution in [0.2, 0.25) is 10.0 Å². The minimum Gasteiger partial charge on any atom is -0.387 e. The maximum absolute atomic E-state index is 9.40. The highest BCUT2D eigenvalue weighted by atomic mass is 35.5. The first-order valence-corrected chi connectivity index (χ1v) is 6.76. The molecule has 5 heteroatoms. The van der Waals surface area contributed by atoms with E-state index in [9.17, 15) is 5.11 Å². The first-order chi connectivity index (χ1) is 8.08. The average molecular weight is 288 g/mol. The van der Waals surface area contributed by atoms with Crippen LogP contribution in [0.1, 0.15) is 29.3 Å². The van der Waals surface area contributed by atoms with Crippen molar-refractivity contribution in [2.75, 3.05) is 0 Å². The number of hydrogen-bond donors (Lipinski definition) is 1. The van der Waals surface area contributed by atoms with Crippen LogP contribution in [0.3, 0.4) is 0 Å². The van der Waals surface area contributed by atoms with E-state index >= 15 is 0 Å². The Morgan fingerprint density at radius 2 is 2.00 bits per heavy atom. The highest BCUT2D eigenvalue weighted by molar-refractivity contribution is 7.09. The molecule has 0 spiro atoms. The van der Waals surface area contributed by atoms with Gasteiger partial charge in [-0.25, -0.2) is 4.98 Å². The summed E-state index contributed by atoms with van der Waals surface area (Å²) >= 11 is 13.7. The molecule has 0 aliphatic heterocycles. The first kappa shape index (κ1) is 12.8. The van der Waals surface area contributed by atoms with Crippen LogP contribution in [-0.4, -0.2) is 10.1 Å². The van der Waals surface area contributed by atoms with E-state index in [1.807, 2.05) is 23.6 Å². The molecule has 0 bridgehead atoms. The highest BCUT2D eigenvalue weighted by Crippen LogP contribution is 2.28. The van der Waals surface area contributed by atoms with Gasteiger partial charge in [0.05, 0.1) is 16.8 Å². The second kappa shape index (κ2) is 5.36. The third-order valence-corrected chi connectivity index (χ3v) is 3.96. The van der Waals surface area contributed by atoms with Gasteiger partial charge in [0.2, 0.25) is 0 Å². The molecule has 17 heavy (non-hydrogen) atoms. The van der Waals surface area contributed by atoms with Crippen LogP contribution in [-0.2, 0) is 6.42 Å². The zero-order valence-corrected chi connectivity index (χ0v) is 11.5. The predicted octanol–water partition coefficient (Wildman–Crippen LogP) is 4.09. The molecule has 90 valence electrons. The minimum absolute atomic E-state index is 0.540. The predicted molar refractivity (Wildman–Crippen MR) is 72.0 cm³/mol. The second-order valence-corrected chi connectivity index (χ2v) is 5.48. The number of nitrogens with zero attached hydrogens (tertiary/aromatic N) is 1. The number of aromatic nitrogens is 1. The standard InChI is InChI=1S/C12H11Cl2NOS/c1-7(16)11-6-17-12(15-11)5-8-9(13)3-2-4-10(8)14/h2-4,6-7,16H,5H2,1H3. The zero-order chi connectivity index (χ0) is 12.4. The summed E-state index contributed by atoms with van der Waals surface area (Å²) in [4.78, 5) is 4.34. The van der Waals surface area contributed by atoms with Gasteiger partial charge in [0, 0.05) is 21.8 Å². The lowest BCUT2D eigenvalue weighted by Gasteiger charge is -2.04. The molecule has 0 aliphatic rings. The second-order valence-electron chi connectivity index (χ2n) is 3.72. The van der Waals surface area contributed by atoms with E-state index in [0.29, 0.717) is 22.2 Å². The summed E-state index contributed by atoms with van der Waals surface area (Å²) in [6, 6.07) is 5.44. The fraction of sp³-hybridized carbons (Fsp3) is 0.250. The Morgan fingerprint density at radius 1 is 1.35 bits per heavy atom. The number of hydrogen-bond acceptors (Lipinski definition) is 3. The molecule has 1 unspecified atom stereocenters. The Hall–Kier alpha value is -0.610. The molecule has 2 aromatic rings. The number of halogens is 2. The maximum atomic E-state index is 9.40. The van der Waals surface area contributed by atoms with Crippen LogP contribution < -0.4 is 0 Å². The summed E-state index contributed by atoms with van der Waals surface area (Å²) in [6.07, 6.45) is 0.0531. The molecule has 0 saturated heterocycles. The van der Waals surface area contributed by atoms with E-state index in [-0.39, 0.29) is 0 Å². The first-order valence-electron chi connectivity index (χ1n) is 5.13. The molecule has 0 fully saturated rings. The van der Waals surface area contributed by atoms with Gasteiger partial charge in [0.1, 0.15) is 0 Å². The van der Waals surface area contributed by atoms with Crippen LogP contribution in [0.15, 0.2) is 23.6 Å². The van der Waals surface area contributed by atoms with E-state index in [0.717, 1.165) is 10.6 Å². The lowest BCUT2D eigenvalue weighted by Crippen LogP contribution is -1.94. The maximum Gasteiger partial charge on any atom is 0.0974 e. The third-order valence-electron chi connectivity index (χ3n) is 2.39. The molecule has 1 heterocycles. The summed E-state index contributed by atoms with van der Waals surface area (Å²) in [5.74, 6) is 0. The van der Waals surface area contributed by atoms with E-state index < -0.39 is 6.10 Å². The van der Waals surface area contributed by atoms with Crippen molar-refractivity contribution in [3.05, 3.63) is 49.9 Å². The van der Waals surface area contributed by atoms with Gasteiger partial charge < -0.3 is 5.11 Å². The van der Waals surface area contributed by atoms with Crippen LogP contribution in [0.5, 0.6) is 0 Å². The Morgan fingerprint density at radius 3 is 2.53 bits per heavy atom. The summed E-state index contributed by atoms with van der Waals surface area (Å²) < 4.78 is 0. The topological polar surface area (TPSA) is 33.1 Å². The Bertz CT molecular complexity index is 505. The molecule has 0 radical (unpaired) electrons. The normalized spacial score (nSPS) is 12.7. The van der Waals surface area contributed by atoms with Crippen LogP contribution in [0.25, 0.3) is 0 Å². The van der Waals surface area contributed by atoms with E-state index in [4.69, 9.17) is 23.2 Å².